The highest BCUT2D eigenvalue weighted by molar-refractivity contribution is 7.92. The van der Waals surface area contributed by atoms with E-state index in [1.807, 2.05) is 0 Å². The third kappa shape index (κ3) is 4.37. The van der Waals surface area contributed by atoms with Crippen LogP contribution >= 0.6 is 0 Å². The smallest absolute Gasteiger partial charge is 0.262 e. The second-order valence-electron chi connectivity index (χ2n) is 5.97. The average Bonchev–Trinajstić information content (AvgIpc) is 2.68. The lowest BCUT2D eigenvalue weighted by Crippen LogP contribution is -2.31. The number of hydrogen-bond acceptors (Lipinski definition) is 4. The fourth-order valence-corrected chi connectivity index (χ4v) is 4.04. The predicted octanol–water partition coefficient (Wildman–Crippen LogP) is 4.41. The molecule has 0 N–H and O–H groups in total. The largest absolute Gasteiger partial charge is 0.269 e. The molecule has 0 heterocycles. The van der Waals surface area contributed by atoms with Crippen LogP contribution in [0.25, 0.3) is 0 Å². The van der Waals surface area contributed by atoms with Crippen molar-refractivity contribution in [2.24, 2.45) is 0 Å². The summed E-state index contributed by atoms with van der Waals surface area (Å²) in [5.74, 6) is -2.37. The summed E-state index contributed by atoms with van der Waals surface area (Å²) in [6.07, 6.45) is 0. The average molecular weight is 422 g/mol. The Balaban J connectivity index is 2.08. The molecule has 150 valence electrons. The zero-order chi connectivity index (χ0) is 21.2. The van der Waals surface area contributed by atoms with E-state index < -0.39 is 38.9 Å². The molecule has 3 aromatic rings. The number of anilines is 1. The van der Waals surface area contributed by atoms with Crippen LogP contribution in [-0.2, 0) is 16.6 Å². The van der Waals surface area contributed by atoms with Gasteiger partial charge in [-0.2, -0.15) is 0 Å². The van der Waals surface area contributed by atoms with Crippen molar-refractivity contribution in [1.29, 1.82) is 0 Å². The van der Waals surface area contributed by atoms with Crippen LogP contribution in [0.5, 0.6) is 0 Å². The van der Waals surface area contributed by atoms with E-state index in [2.05, 4.69) is 0 Å². The molecule has 0 fully saturated rings. The Labute approximate surface area is 164 Å². The highest BCUT2D eigenvalue weighted by Crippen LogP contribution is 2.28. The zero-order valence-electron chi connectivity index (χ0n) is 14.6. The topological polar surface area (TPSA) is 80.5 Å². The maximum atomic E-state index is 14.1. The summed E-state index contributed by atoms with van der Waals surface area (Å²) >= 11 is 0. The van der Waals surface area contributed by atoms with Crippen molar-refractivity contribution in [2.75, 3.05) is 4.31 Å². The minimum absolute atomic E-state index is 0.0356. The summed E-state index contributed by atoms with van der Waals surface area (Å²) in [5, 5.41) is 10.8. The third-order valence-electron chi connectivity index (χ3n) is 4.08. The number of nitro groups is 1. The minimum atomic E-state index is -4.31. The first kappa shape index (κ1) is 20.3. The maximum absolute atomic E-state index is 14.1. The number of hydrogen-bond donors (Lipinski definition) is 0. The summed E-state index contributed by atoms with van der Waals surface area (Å²) in [4.78, 5) is 9.83. The summed E-state index contributed by atoms with van der Waals surface area (Å²) in [5.41, 5.74) is -0.378. The number of rotatable bonds is 6. The monoisotopic (exact) mass is 422 g/mol. The van der Waals surface area contributed by atoms with E-state index in [9.17, 15) is 31.7 Å². The summed E-state index contributed by atoms with van der Waals surface area (Å²) in [6.45, 7) is -0.503. The summed E-state index contributed by atoms with van der Waals surface area (Å²) in [7, 11) is -4.31. The van der Waals surface area contributed by atoms with Crippen LogP contribution < -0.4 is 4.31 Å². The van der Waals surface area contributed by atoms with Crippen molar-refractivity contribution in [1.82, 2.24) is 0 Å². The van der Waals surface area contributed by atoms with Crippen LogP contribution in [0.15, 0.2) is 71.6 Å². The van der Waals surface area contributed by atoms with Crippen LogP contribution in [0.3, 0.4) is 0 Å². The van der Waals surface area contributed by atoms with Gasteiger partial charge >= 0.3 is 0 Å². The van der Waals surface area contributed by atoms with Gasteiger partial charge in [-0.1, -0.05) is 6.07 Å². The molecule has 10 heteroatoms. The summed E-state index contributed by atoms with van der Waals surface area (Å²) in [6, 6.07) is 11.3. The van der Waals surface area contributed by atoms with Gasteiger partial charge in [-0.15, -0.1) is 0 Å². The molecule has 0 amide bonds. The van der Waals surface area contributed by atoms with Gasteiger partial charge < -0.3 is 0 Å². The molecule has 0 saturated heterocycles. The molecule has 0 aliphatic heterocycles. The molecular weight excluding hydrogens is 409 g/mol. The number of nitrogens with zero attached hydrogens (tertiary/aromatic N) is 2. The lowest BCUT2D eigenvalue weighted by molar-refractivity contribution is -0.384. The highest BCUT2D eigenvalue weighted by atomic mass is 32.2. The van der Waals surface area contributed by atoms with Crippen molar-refractivity contribution < 1.29 is 26.5 Å². The van der Waals surface area contributed by atoms with Gasteiger partial charge in [0.25, 0.3) is 15.7 Å². The van der Waals surface area contributed by atoms with Crippen LogP contribution in [0.2, 0.25) is 0 Å². The first-order valence-corrected chi connectivity index (χ1v) is 9.59. The third-order valence-corrected chi connectivity index (χ3v) is 5.87. The van der Waals surface area contributed by atoms with Gasteiger partial charge in [0.1, 0.15) is 17.5 Å². The van der Waals surface area contributed by atoms with Crippen molar-refractivity contribution in [3.63, 3.8) is 0 Å². The Kier molecular flexibility index (Phi) is 5.55. The van der Waals surface area contributed by atoms with Gasteiger partial charge in [-0.05, 0) is 42.5 Å². The highest BCUT2D eigenvalue weighted by Gasteiger charge is 2.27. The Hall–Kier alpha value is -3.40. The standard InChI is InChI=1S/C19H13F3N2O4S/c20-14-3-5-16(6-4-14)23(12-13-1-2-15(21)11-19(13)22)29(27,28)18-9-7-17(8-10-18)24(25)26/h1-11H,12H2. The SMILES string of the molecule is O=[N+]([O-])c1ccc(S(=O)(=O)N(Cc2ccc(F)cc2F)c2ccc(F)cc2)cc1. The molecule has 0 aliphatic rings. The Bertz CT molecular complexity index is 1150. The van der Waals surface area contributed by atoms with Crippen LogP contribution in [0, 0.1) is 27.6 Å². The molecule has 3 aromatic carbocycles. The second kappa shape index (κ2) is 7.92. The molecule has 0 radical (unpaired) electrons. The van der Waals surface area contributed by atoms with E-state index in [1.165, 1.54) is 12.1 Å². The molecule has 0 saturated carbocycles. The Morgan fingerprint density at radius 1 is 0.862 bits per heavy atom. The molecule has 0 bridgehead atoms. The van der Waals surface area contributed by atoms with E-state index in [0.717, 1.165) is 52.8 Å². The molecule has 3 rings (SSSR count). The van der Waals surface area contributed by atoms with Crippen LogP contribution in [-0.4, -0.2) is 13.3 Å². The minimum Gasteiger partial charge on any atom is -0.262 e. The predicted molar refractivity (Wildman–Crippen MR) is 99.2 cm³/mol. The van der Waals surface area contributed by atoms with E-state index in [-0.39, 0.29) is 21.8 Å². The fraction of sp³-hybridized carbons (Fsp3) is 0.0526. The van der Waals surface area contributed by atoms with Crippen LogP contribution in [0.1, 0.15) is 5.56 Å². The van der Waals surface area contributed by atoms with Crippen molar-refractivity contribution in [2.45, 2.75) is 11.4 Å². The number of sulfonamides is 1. The molecular formula is C19H13F3N2O4S. The van der Waals surface area contributed by atoms with E-state index >= 15 is 0 Å². The molecule has 0 unspecified atom stereocenters. The van der Waals surface area contributed by atoms with Crippen LogP contribution in [0.4, 0.5) is 24.5 Å². The molecule has 6 nitrogen and oxygen atoms in total. The van der Waals surface area contributed by atoms with Gasteiger partial charge in [-0.25, -0.2) is 21.6 Å². The lowest BCUT2D eigenvalue weighted by Gasteiger charge is -2.25. The Morgan fingerprint density at radius 3 is 2.00 bits per heavy atom. The number of nitro benzene ring substituents is 1. The van der Waals surface area contributed by atoms with Gasteiger partial charge in [0.15, 0.2) is 0 Å². The number of benzene rings is 3. The van der Waals surface area contributed by atoms with Gasteiger partial charge in [0.05, 0.1) is 22.1 Å². The fourth-order valence-electron chi connectivity index (χ4n) is 2.59. The zero-order valence-corrected chi connectivity index (χ0v) is 15.4. The molecule has 0 aromatic heterocycles. The normalized spacial score (nSPS) is 11.3. The molecule has 29 heavy (non-hydrogen) atoms. The van der Waals surface area contributed by atoms with Gasteiger partial charge in [-0.3, -0.25) is 14.4 Å². The van der Waals surface area contributed by atoms with Gasteiger partial charge in [0, 0.05) is 23.8 Å². The number of halogens is 3. The first-order chi connectivity index (χ1) is 13.7. The number of non-ortho nitro benzene ring substituents is 1. The maximum Gasteiger partial charge on any atom is 0.269 e. The second-order valence-corrected chi connectivity index (χ2v) is 7.84. The van der Waals surface area contributed by atoms with E-state index in [0.29, 0.717) is 6.07 Å². The first-order valence-electron chi connectivity index (χ1n) is 8.15. The quantitative estimate of drug-likeness (QED) is 0.435. The summed E-state index contributed by atoms with van der Waals surface area (Å²) < 4.78 is 67.7. The molecule has 0 spiro atoms. The lowest BCUT2D eigenvalue weighted by atomic mass is 10.2. The molecule has 0 aliphatic carbocycles. The van der Waals surface area contributed by atoms with Gasteiger partial charge in [0.2, 0.25) is 0 Å². The van der Waals surface area contributed by atoms with E-state index in [1.54, 1.807) is 0 Å². The van der Waals surface area contributed by atoms with E-state index in [4.69, 9.17) is 0 Å². The van der Waals surface area contributed by atoms with Crippen molar-refractivity contribution in [3.8, 4) is 0 Å². The molecule has 0 atom stereocenters. The van der Waals surface area contributed by atoms with Crippen molar-refractivity contribution in [3.05, 3.63) is 99.9 Å². The van der Waals surface area contributed by atoms with Crippen molar-refractivity contribution >= 4 is 21.4 Å². The Morgan fingerprint density at radius 2 is 1.45 bits per heavy atom.